The second-order valence-corrected chi connectivity index (χ2v) is 4.41. The molecule has 0 bridgehead atoms. The number of nitrogens with one attached hydrogen (secondary N) is 1. The summed E-state index contributed by atoms with van der Waals surface area (Å²) in [7, 11) is 3.49. The highest BCUT2D eigenvalue weighted by Gasteiger charge is 2.13. The molecule has 2 aromatic carbocycles. The van der Waals surface area contributed by atoms with E-state index >= 15 is 0 Å². The smallest absolute Gasteiger partial charge is 0.127 e. The fourth-order valence-electron chi connectivity index (χ4n) is 2.12. The Morgan fingerprint density at radius 2 is 1.79 bits per heavy atom. The largest absolute Gasteiger partial charge is 0.497 e. The van der Waals surface area contributed by atoms with Crippen molar-refractivity contribution in [3.63, 3.8) is 0 Å². The Morgan fingerprint density at radius 3 is 2.37 bits per heavy atom. The molecular formula is C16H18FNO. The van der Waals surface area contributed by atoms with Crippen LogP contribution in [0.3, 0.4) is 0 Å². The molecule has 0 amide bonds. The summed E-state index contributed by atoms with van der Waals surface area (Å²) in [5.74, 6) is 0.658. The molecule has 0 spiro atoms. The van der Waals surface area contributed by atoms with Gasteiger partial charge in [-0.1, -0.05) is 30.3 Å². The second-order valence-electron chi connectivity index (χ2n) is 4.41. The van der Waals surface area contributed by atoms with Crippen LogP contribution < -0.4 is 10.1 Å². The molecule has 100 valence electrons. The summed E-state index contributed by atoms with van der Waals surface area (Å²) < 4.78 is 18.9. The predicted molar refractivity (Wildman–Crippen MR) is 74.9 cm³/mol. The molecule has 0 aliphatic carbocycles. The van der Waals surface area contributed by atoms with E-state index in [1.165, 1.54) is 6.07 Å². The first-order chi connectivity index (χ1) is 9.24. The Labute approximate surface area is 113 Å². The molecule has 0 aliphatic heterocycles. The van der Waals surface area contributed by atoms with Crippen LogP contribution in [0.5, 0.6) is 5.75 Å². The van der Waals surface area contributed by atoms with E-state index in [1.807, 2.05) is 43.4 Å². The Balaban J connectivity index is 2.17. The molecule has 2 nitrogen and oxygen atoms in total. The molecule has 1 N–H and O–H groups in total. The lowest BCUT2D eigenvalue weighted by molar-refractivity contribution is 0.414. The summed E-state index contributed by atoms with van der Waals surface area (Å²) in [6.07, 6.45) is 0.738. The summed E-state index contributed by atoms with van der Waals surface area (Å²) in [5, 5.41) is 3.17. The SMILES string of the molecule is CNC(Cc1ccc(OC)cc1)c1ccccc1F. The van der Waals surface area contributed by atoms with Gasteiger partial charge in [-0.3, -0.25) is 0 Å². The van der Waals surface area contributed by atoms with Crippen LogP contribution in [0.2, 0.25) is 0 Å². The van der Waals surface area contributed by atoms with Crippen molar-refractivity contribution in [3.05, 3.63) is 65.5 Å². The fourth-order valence-corrected chi connectivity index (χ4v) is 2.12. The van der Waals surface area contributed by atoms with Gasteiger partial charge in [0.25, 0.3) is 0 Å². The van der Waals surface area contributed by atoms with Crippen LogP contribution >= 0.6 is 0 Å². The van der Waals surface area contributed by atoms with Crippen LogP contribution in [0.25, 0.3) is 0 Å². The maximum Gasteiger partial charge on any atom is 0.127 e. The highest BCUT2D eigenvalue weighted by atomic mass is 19.1. The van der Waals surface area contributed by atoms with Crippen molar-refractivity contribution in [2.75, 3.05) is 14.2 Å². The van der Waals surface area contributed by atoms with E-state index in [4.69, 9.17) is 4.74 Å². The maximum atomic E-state index is 13.8. The molecule has 1 atom stereocenters. The van der Waals surface area contributed by atoms with Crippen LogP contribution in [0.1, 0.15) is 17.2 Å². The first-order valence-corrected chi connectivity index (χ1v) is 6.29. The van der Waals surface area contributed by atoms with E-state index < -0.39 is 0 Å². The number of ether oxygens (including phenoxy) is 1. The van der Waals surface area contributed by atoms with Crippen molar-refractivity contribution >= 4 is 0 Å². The molecule has 1 unspecified atom stereocenters. The second kappa shape index (κ2) is 6.34. The van der Waals surface area contributed by atoms with E-state index in [1.54, 1.807) is 13.2 Å². The fraction of sp³-hybridized carbons (Fsp3) is 0.250. The lowest BCUT2D eigenvalue weighted by atomic mass is 9.98. The number of likely N-dealkylation sites (N-methyl/N-ethyl adjacent to an activating group) is 1. The molecule has 0 fully saturated rings. The van der Waals surface area contributed by atoms with Crippen molar-refractivity contribution in [1.29, 1.82) is 0 Å². The average Bonchev–Trinajstić information content (AvgIpc) is 2.46. The molecule has 2 rings (SSSR count). The minimum atomic E-state index is -0.171. The summed E-state index contributed by atoms with van der Waals surface area (Å²) >= 11 is 0. The standard InChI is InChI=1S/C16H18FNO/c1-18-16(14-5-3-4-6-15(14)17)11-12-7-9-13(19-2)10-8-12/h3-10,16,18H,11H2,1-2H3. The quantitative estimate of drug-likeness (QED) is 0.889. The number of benzene rings is 2. The van der Waals surface area contributed by atoms with Crippen molar-refractivity contribution in [2.24, 2.45) is 0 Å². The number of hydrogen-bond acceptors (Lipinski definition) is 2. The van der Waals surface area contributed by atoms with Crippen molar-refractivity contribution in [3.8, 4) is 5.75 Å². The first kappa shape index (κ1) is 13.6. The van der Waals surface area contributed by atoms with Crippen molar-refractivity contribution in [1.82, 2.24) is 5.32 Å². The summed E-state index contributed by atoms with van der Waals surface area (Å²) in [5.41, 5.74) is 1.84. The molecule has 0 aromatic heterocycles. The molecule has 0 aliphatic rings. The Morgan fingerprint density at radius 1 is 1.11 bits per heavy atom. The Kier molecular flexibility index (Phi) is 4.53. The number of rotatable bonds is 5. The van der Waals surface area contributed by atoms with E-state index in [0.29, 0.717) is 5.56 Å². The average molecular weight is 259 g/mol. The zero-order valence-corrected chi connectivity index (χ0v) is 11.2. The van der Waals surface area contributed by atoms with Gasteiger partial charge >= 0.3 is 0 Å². The minimum absolute atomic E-state index is 0.0328. The maximum absolute atomic E-state index is 13.8. The van der Waals surface area contributed by atoms with Gasteiger partial charge in [0.1, 0.15) is 11.6 Å². The molecule has 0 saturated carbocycles. The molecule has 19 heavy (non-hydrogen) atoms. The third kappa shape index (κ3) is 3.32. The highest BCUT2D eigenvalue weighted by molar-refractivity contribution is 5.30. The lowest BCUT2D eigenvalue weighted by Gasteiger charge is -2.17. The van der Waals surface area contributed by atoms with Crippen molar-refractivity contribution < 1.29 is 9.13 Å². The highest BCUT2D eigenvalue weighted by Crippen LogP contribution is 2.22. The normalized spacial score (nSPS) is 12.2. The lowest BCUT2D eigenvalue weighted by Crippen LogP contribution is -2.20. The van der Waals surface area contributed by atoms with Gasteiger partial charge in [-0.2, -0.15) is 0 Å². The van der Waals surface area contributed by atoms with Crippen LogP contribution in [0.15, 0.2) is 48.5 Å². The Hall–Kier alpha value is -1.87. The summed E-state index contributed by atoms with van der Waals surface area (Å²) in [6, 6.07) is 14.7. The predicted octanol–water partition coefficient (Wildman–Crippen LogP) is 3.34. The Bertz CT molecular complexity index is 525. The van der Waals surface area contributed by atoms with Crippen LogP contribution in [0.4, 0.5) is 4.39 Å². The molecule has 2 aromatic rings. The van der Waals surface area contributed by atoms with Gasteiger partial charge in [0.05, 0.1) is 7.11 Å². The van der Waals surface area contributed by atoms with Gasteiger partial charge in [-0.15, -0.1) is 0 Å². The molecular weight excluding hydrogens is 241 g/mol. The van der Waals surface area contributed by atoms with E-state index in [-0.39, 0.29) is 11.9 Å². The summed E-state index contributed by atoms with van der Waals surface area (Å²) in [4.78, 5) is 0. The van der Waals surface area contributed by atoms with Gasteiger partial charge in [0.2, 0.25) is 0 Å². The van der Waals surface area contributed by atoms with E-state index in [9.17, 15) is 4.39 Å². The van der Waals surface area contributed by atoms with Crippen LogP contribution in [-0.2, 0) is 6.42 Å². The monoisotopic (exact) mass is 259 g/mol. The number of hydrogen-bond donors (Lipinski definition) is 1. The first-order valence-electron chi connectivity index (χ1n) is 6.29. The molecule has 0 saturated heterocycles. The zero-order valence-electron chi connectivity index (χ0n) is 11.2. The zero-order chi connectivity index (χ0) is 13.7. The van der Waals surface area contributed by atoms with Crippen molar-refractivity contribution in [2.45, 2.75) is 12.5 Å². The summed E-state index contributed by atoms with van der Waals surface area (Å²) in [6.45, 7) is 0. The number of halogens is 1. The van der Waals surface area contributed by atoms with Gasteiger partial charge < -0.3 is 10.1 Å². The molecule has 0 heterocycles. The molecule has 0 radical (unpaired) electrons. The van der Waals surface area contributed by atoms with E-state index in [0.717, 1.165) is 17.7 Å². The third-order valence-electron chi connectivity index (χ3n) is 3.23. The minimum Gasteiger partial charge on any atom is -0.497 e. The van der Waals surface area contributed by atoms with Gasteiger partial charge in [-0.25, -0.2) is 4.39 Å². The number of methoxy groups -OCH3 is 1. The molecule has 3 heteroatoms. The van der Waals surface area contributed by atoms with Gasteiger partial charge in [-0.05, 0) is 37.2 Å². The third-order valence-corrected chi connectivity index (χ3v) is 3.23. The van der Waals surface area contributed by atoms with Crippen LogP contribution in [-0.4, -0.2) is 14.2 Å². The van der Waals surface area contributed by atoms with E-state index in [2.05, 4.69) is 5.32 Å². The van der Waals surface area contributed by atoms with Crippen LogP contribution in [0, 0.1) is 5.82 Å². The van der Waals surface area contributed by atoms with Gasteiger partial charge in [0, 0.05) is 11.6 Å². The topological polar surface area (TPSA) is 21.3 Å². The van der Waals surface area contributed by atoms with Gasteiger partial charge in [0.15, 0.2) is 0 Å².